The zero-order valence-electron chi connectivity index (χ0n) is 15.0. The molecule has 0 spiro atoms. The molecule has 0 saturated heterocycles. The van der Waals surface area contributed by atoms with Crippen LogP contribution in [0.15, 0.2) is 54.6 Å². The summed E-state index contributed by atoms with van der Waals surface area (Å²) >= 11 is 0. The van der Waals surface area contributed by atoms with Gasteiger partial charge in [0.15, 0.2) is 23.0 Å². The smallest absolute Gasteiger partial charge is 0.157 e. The van der Waals surface area contributed by atoms with Crippen molar-refractivity contribution in [3.8, 4) is 23.0 Å². The second-order valence-electron chi connectivity index (χ2n) is 6.80. The highest BCUT2D eigenvalue weighted by molar-refractivity contribution is 5.60. The van der Waals surface area contributed by atoms with Crippen LogP contribution in [0.1, 0.15) is 34.7 Å². The van der Waals surface area contributed by atoms with Crippen molar-refractivity contribution in [2.24, 2.45) is 0 Å². The van der Waals surface area contributed by atoms with Gasteiger partial charge in [0.1, 0.15) is 0 Å². The summed E-state index contributed by atoms with van der Waals surface area (Å²) in [6.45, 7) is 5.73. The quantitative estimate of drug-likeness (QED) is 0.415. The van der Waals surface area contributed by atoms with Crippen LogP contribution in [0.2, 0.25) is 0 Å². The highest BCUT2D eigenvalue weighted by Crippen LogP contribution is 2.46. The lowest BCUT2D eigenvalue weighted by atomic mass is 9.68. The van der Waals surface area contributed by atoms with Crippen LogP contribution in [-0.4, -0.2) is 20.4 Å². The number of aryl methyl sites for hydroxylation is 2. The number of rotatable bonds is 3. The molecular formula is C22H22O4. The van der Waals surface area contributed by atoms with Crippen LogP contribution in [-0.2, 0) is 5.41 Å². The van der Waals surface area contributed by atoms with Crippen LogP contribution < -0.4 is 0 Å². The first kappa shape index (κ1) is 17.7. The molecule has 0 bridgehead atoms. The van der Waals surface area contributed by atoms with Gasteiger partial charge < -0.3 is 20.4 Å². The average molecular weight is 350 g/mol. The fourth-order valence-corrected chi connectivity index (χ4v) is 3.67. The van der Waals surface area contributed by atoms with Gasteiger partial charge >= 0.3 is 0 Å². The Labute approximate surface area is 152 Å². The summed E-state index contributed by atoms with van der Waals surface area (Å²) in [6, 6.07) is 15.9. The molecule has 0 fully saturated rings. The third-order valence-corrected chi connectivity index (χ3v) is 5.07. The average Bonchev–Trinajstić information content (AvgIpc) is 2.61. The van der Waals surface area contributed by atoms with Crippen LogP contribution in [0.4, 0.5) is 0 Å². The molecule has 4 heteroatoms. The van der Waals surface area contributed by atoms with E-state index in [1.165, 1.54) is 12.1 Å². The highest BCUT2D eigenvalue weighted by Gasteiger charge is 2.35. The topological polar surface area (TPSA) is 80.9 Å². The van der Waals surface area contributed by atoms with E-state index in [1.807, 2.05) is 51.1 Å². The summed E-state index contributed by atoms with van der Waals surface area (Å²) in [4.78, 5) is 0. The fourth-order valence-electron chi connectivity index (χ4n) is 3.67. The first-order valence-corrected chi connectivity index (χ1v) is 8.36. The zero-order valence-corrected chi connectivity index (χ0v) is 15.0. The number of phenols is 4. The molecule has 134 valence electrons. The van der Waals surface area contributed by atoms with Gasteiger partial charge in [-0.2, -0.15) is 0 Å². The van der Waals surface area contributed by atoms with E-state index in [2.05, 4.69) is 0 Å². The van der Waals surface area contributed by atoms with Crippen molar-refractivity contribution < 1.29 is 20.4 Å². The maximum absolute atomic E-state index is 10.1. The molecule has 26 heavy (non-hydrogen) atoms. The molecule has 0 aliphatic carbocycles. The Bertz CT molecular complexity index is 904. The van der Waals surface area contributed by atoms with E-state index in [0.29, 0.717) is 0 Å². The lowest BCUT2D eigenvalue weighted by molar-refractivity contribution is 0.400. The van der Waals surface area contributed by atoms with Crippen molar-refractivity contribution in [1.29, 1.82) is 0 Å². The largest absolute Gasteiger partial charge is 0.504 e. The molecule has 3 aromatic carbocycles. The molecule has 0 radical (unpaired) electrons. The molecule has 4 N–H and O–H groups in total. The lowest BCUT2D eigenvalue weighted by Crippen LogP contribution is -2.27. The summed E-state index contributed by atoms with van der Waals surface area (Å²) in [5.74, 6) is -0.749. The first-order chi connectivity index (χ1) is 12.2. The molecule has 0 saturated carbocycles. The van der Waals surface area contributed by atoms with Crippen molar-refractivity contribution in [3.63, 3.8) is 0 Å². The molecule has 3 aromatic rings. The molecule has 3 rings (SSSR count). The number of hydrogen-bond acceptors (Lipinski definition) is 4. The molecule has 0 aliphatic rings. The molecule has 0 heterocycles. The summed E-state index contributed by atoms with van der Waals surface area (Å²) in [5, 5.41) is 39.9. The van der Waals surface area contributed by atoms with Crippen LogP contribution in [0, 0.1) is 13.8 Å². The fraction of sp³-hybridized carbons (Fsp3) is 0.182. The van der Waals surface area contributed by atoms with Gasteiger partial charge in [-0.05, 0) is 72.9 Å². The maximum Gasteiger partial charge on any atom is 0.157 e. The predicted octanol–water partition coefficient (Wildman–Crippen LogP) is 4.48. The number of hydrogen-bond donors (Lipinski definition) is 4. The molecule has 0 amide bonds. The Balaban J connectivity index is 2.40. The van der Waals surface area contributed by atoms with E-state index < -0.39 is 5.41 Å². The second kappa shape index (κ2) is 6.30. The highest BCUT2D eigenvalue weighted by atomic mass is 16.3. The third-order valence-electron chi connectivity index (χ3n) is 5.07. The minimum atomic E-state index is -0.716. The van der Waals surface area contributed by atoms with Gasteiger partial charge in [-0.25, -0.2) is 0 Å². The minimum absolute atomic E-state index is 0.174. The number of benzene rings is 3. The summed E-state index contributed by atoms with van der Waals surface area (Å²) < 4.78 is 0. The van der Waals surface area contributed by atoms with Crippen LogP contribution in [0.3, 0.4) is 0 Å². The standard InChI is InChI=1S/C22H22O4/c1-13-9-18(23)20(25)11-16(13)22(3,15-7-5-4-6-8-15)17-12-21(26)19(24)10-14(17)2/h4-12,23-26H,1-3H3. The minimum Gasteiger partial charge on any atom is -0.504 e. The molecule has 0 aromatic heterocycles. The Kier molecular flexibility index (Phi) is 4.28. The Morgan fingerprint density at radius 1 is 0.615 bits per heavy atom. The summed E-state index contributed by atoms with van der Waals surface area (Å²) in [5.41, 5.74) is 3.45. The number of phenolic OH excluding ortho intramolecular Hbond substituents is 4. The van der Waals surface area contributed by atoms with Crippen LogP contribution >= 0.6 is 0 Å². The van der Waals surface area contributed by atoms with E-state index in [9.17, 15) is 20.4 Å². The lowest BCUT2D eigenvalue weighted by Gasteiger charge is -2.35. The van der Waals surface area contributed by atoms with Crippen LogP contribution in [0.5, 0.6) is 23.0 Å². The van der Waals surface area contributed by atoms with Crippen molar-refractivity contribution >= 4 is 0 Å². The Morgan fingerprint density at radius 2 is 1.00 bits per heavy atom. The van der Waals surface area contributed by atoms with Gasteiger partial charge in [0.2, 0.25) is 0 Å². The van der Waals surface area contributed by atoms with Gasteiger partial charge in [-0.3, -0.25) is 0 Å². The summed E-state index contributed by atoms with van der Waals surface area (Å²) in [6.07, 6.45) is 0. The molecule has 0 aliphatic heterocycles. The Hall–Kier alpha value is -3.14. The molecule has 4 nitrogen and oxygen atoms in total. The van der Waals surface area contributed by atoms with E-state index >= 15 is 0 Å². The van der Waals surface area contributed by atoms with Gasteiger partial charge in [-0.1, -0.05) is 30.3 Å². The van der Waals surface area contributed by atoms with Gasteiger partial charge in [0.05, 0.1) is 0 Å². The van der Waals surface area contributed by atoms with Crippen molar-refractivity contribution in [1.82, 2.24) is 0 Å². The Morgan fingerprint density at radius 3 is 1.42 bits per heavy atom. The van der Waals surface area contributed by atoms with E-state index in [-0.39, 0.29) is 23.0 Å². The monoisotopic (exact) mass is 350 g/mol. The van der Waals surface area contributed by atoms with Crippen molar-refractivity contribution in [2.45, 2.75) is 26.2 Å². The predicted molar refractivity (Wildman–Crippen MR) is 101 cm³/mol. The molecule has 0 atom stereocenters. The van der Waals surface area contributed by atoms with Crippen molar-refractivity contribution in [2.75, 3.05) is 0 Å². The van der Waals surface area contributed by atoms with E-state index in [0.717, 1.165) is 27.8 Å². The third kappa shape index (κ3) is 2.73. The molecule has 0 unspecified atom stereocenters. The van der Waals surface area contributed by atoms with E-state index in [1.54, 1.807) is 12.1 Å². The zero-order chi connectivity index (χ0) is 19.1. The van der Waals surface area contributed by atoms with Crippen molar-refractivity contribution in [3.05, 3.63) is 82.4 Å². The second-order valence-corrected chi connectivity index (χ2v) is 6.80. The van der Waals surface area contributed by atoms with E-state index in [4.69, 9.17) is 0 Å². The van der Waals surface area contributed by atoms with Crippen LogP contribution in [0.25, 0.3) is 0 Å². The SMILES string of the molecule is Cc1cc(O)c(O)cc1C(C)(c1ccccc1)c1cc(O)c(O)cc1C. The number of aromatic hydroxyl groups is 4. The summed E-state index contributed by atoms with van der Waals surface area (Å²) in [7, 11) is 0. The normalized spacial score (nSPS) is 11.5. The molecular weight excluding hydrogens is 328 g/mol. The van der Waals surface area contributed by atoms with Gasteiger partial charge in [-0.15, -0.1) is 0 Å². The maximum atomic E-state index is 10.1. The first-order valence-electron chi connectivity index (χ1n) is 8.36. The van der Waals surface area contributed by atoms with Gasteiger partial charge in [0.25, 0.3) is 0 Å². The van der Waals surface area contributed by atoms with Gasteiger partial charge in [0, 0.05) is 5.41 Å².